The second-order valence-corrected chi connectivity index (χ2v) is 4.93. The minimum Gasteiger partial charge on any atom is -0.378 e. The lowest BCUT2D eigenvalue weighted by Crippen LogP contribution is -2.11. The third-order valence-electron chi connectivity index (χ3n) is 3.49. The van der Waals surface area contributed by atoms with E-state index in [1.165, 1.54) is 17.2 Å². The van der Waals surface area contributed by atoms with Crippen LogP contribution in [0.25, 0.3) is 0 Å². The molecule has 100 valence electrons. The third-order valence-corrected chi connectivity index (χ3v) is 3.49. The fourth-order valence-corrected chi connectivity index (χ4v) is 2.17. The van der Waals surface area contributed by atoms with Crippen molar-refractivity contribution in [2.24, 2.45) is 0 Å². The number of anilines is 1. The van der Waals surface area contributed by atoms with E-state index in [1.807, 2.05) is 6.07 Å². The predicted octanol–water partition coefficient (Wildman–Crippen LogP) is 5.01. The molecule has 0 amide bonds. The average Bonchev–Trinajstić information content (AvgIpc) is 2.42. The zero-order valence-electron chi connectivity index (χ0n) is 11.7. The van der Waals surface area contributed by atoms with Crippen molar-refractivity contribution in [3.05, 3.63) is 65.0 Å². The zero-order valence-corrected chi connectivity index (χ0v) is 11.7. The molecule has 19 heavy (non-hydrogen) atoms. The van der Waals surface area contributed by atoms with Gasteiger partial charge in [0.1, 0.15) is 5.82 Å². The van der Waals surface area contributed by atoms with Crippen LogP contribution < -0.4 is 5.32 Å². The smallest absolute Gasteiger partial charge is 0.128 e. The zero-order chi connectivity index (χ0) is 13.8. The summed E-state index contributed by atoms with van der Waals surface area (Å²) < 4.78 is 13.5. The number of benzene rings is 2. The molecule has 0 bridgehead atoms. The van der Waals surface area contributed by atoms with Gasteiger partial charge < -0.3 is 5.32 Å². The van der Waals surface area contributed by atoms with E-state index in [0.717, 1.165) is 12.1 Å². The van der Waals surface area contributed by atoms with Crippen molar-refractivity contribution < 1.29 is 4.39 Å². The molecule has 0 spiro atoms. The maximum Gasteiger partial charge on any atom is 0.128 e. The summed E-state index contributed by atoms with van der Waals surface area (Å²) in [6, 6.07) is 13.8. The lowest BCUT2D eigenvalue weighted by Gasteiger charge is -2.20. The molecule has 0 radical (unpaired) electrons. The molecule has 1 unspecified atom stereocenters. The molecule has 0 aromatic heterocycles. The molecule has 2 heteroatoms. The Bertz CT molecular complexity index is 546. The number of hydrogen-bond donors (Lipinski definition) is 1. The molecule has 2 rings (SSSR count). The Labute approximate surface area is 114 Å². The monoisotopic (exact) mass is 257 g/mol. The van der Waals surface area contributed by atoms with E-state index in [9.17, 15) is 4.39 Å². The average molecular weight is 257 g/mol. The fourth-order valence-electron chi connectivity index (χ4n) is 2.17. The molecule has 0 aliphatic rings. The van der Waals surface area contributed by atoms with Crippen LogP contribution in [0.15, 0.2) is 42.5 Å². The van der Waals surface area contributed by atoms with Gasteiger partial charge in [0.25, 0.3) is 0 Å². The van der Waals surface area contributed by atoms with Crippen molar-refractivity contribution in [2.45, 2.75) is 33.2 Å². The van der Waals surface area contributed by atoms with E-state index in [2.05, 4.69) is 43.4 Å². The first kappa shape index (κ1) is 13.6. The second kappa shape index (κ2) is 5.87. The van der Waals surface area contributed by atoms with Crippen LogP contribution in [0.2, 0.25) is 0 Å². The Morgan fingerprint density at radius 2 is 1.74 bits per heavy atom. The van der Waals surface area contributed by atoms with Crippen molar-refractivity contribution in [1.29, 1.82) is 0 Å². The fraction of sp³-hybridized carbons (Fsp3) is 0.294. The molecule has 0 saturated carbocycles. The van der Waals surface area contributed by atoms with Gasteiger partial charge in [0, 0.05) is 11.3 Å². The summed E-state index contributed by atoms with van der Waals surface area (Å²) in [6.45, 7) is 6.01. The van der Waals surface area contributed by atoms with Gasteiger partial charge in [0.05, 0.1) is 6.04 Å². The van der Waals surface area contributed by atoms with Crippen LogP contribution >= 0.6 is 0 Å². The molecular formula is C17H20FN. The van der Waals surface area contributed by atoms with E-state index in [1.54, 1.807) is 13.0 Å². The maximum absolute atomic E-state index is 13.5. The van der Waals surface area contributed by atoms with Gasteiger partial charge in [-0.05, 0) is 38.0 Å². The Hall–Kier alpha value is -1.83. The van der Waals surface area contributed by atoms with Crippen LogP contribution in [0.1, 0.15) is 36.1 Å². The lowest BCUT2D eigenvalue weighted by molar-refractivity contribution is 0.618. The van der Waals surface area contributed by atoms with Crippen LogP contribution in [0, 0.1) is 19.7 Å². The number of aryl methyl sites for hydroxylation is 1. The summed E-state index contributed by atoms with van der Waals surface area (Å²) in [4.78, 5) is 0. The first-order valence-electron chi connectivity index (χ1n) is 6.70. The highest BCUT2D eigenvalue weighted by molar-refractivity contribution is 5.52. The summed E-state index contributed by atoms with van der Waals surface area (Å²) >= 11 is 0. The Morgan fingerprint density at radius 1 is 1.05 bits per heavy atom. The number of rotatable bonds is 4. The largest absolute Gasteiger partial charge is 0.378 e. The van der Waals surface area contributed by atoms with Crippen LogP contribution in [-0.2, 0) is 0 Å². The first-order chi connectivity index (χ1) is 9.11. The standard InChI is InChI=1S/C17H20FN/c1-4-16(14-10-8-12(2)9-11-14)19-17-7-5-6-15(18)13(17)3/h5-11,16,19H,4H2,1-3H3. The summed E-state index contributed by atoms with van der Waals surface area (Å²) in [6.07, 6.45) is 0.957. The quantitative estimate of drug-likeness (QED) is 0.812. The SMILES string of the molecule is CCC(Nc1cccc(F)c1C)c1ccc(C)cc1. The van der Waals surface area contributed by atoms with Gasteiger partial charge in [-0.1, -0.05) is 42.8 Å². The molecule has 0 fully saturated rings. The Morgan fingerprint density at radius 3 is 2.37 bits per heavy atom. The number of halogens is 1. The minimum absolute atomic E-state index is 0.163. The summed E-state index contributed by atoms with van der Waals surface area (Å²) in [5, 5.41) is 3.43. The van der Waals surface area contributed by atoms with E-state index >= 15 is 0 Å². The highest BCUT2D eigenvalue weighted by Gasteiger charge is 2.11. The molecule has 2 aromatic carbocycles. The third kappa shape index (κ3) is 3.14. The molecule has 2 aromatic rings. The normalized spacial score (nSPS) is 12.2. The van der Waals surface area contributed by atoms with Crippen molar-refractivity contribution in [3.8, 4) is 0 Å². The molecule has 0 aliphatic carbocycles. The van der Waals surface area contributed by atoms with Crippen molar-refractivity contribution in [1.82, 2.24) is 0 Å². The summed E-state index contributed by atoms with van der Waals surface area (Å²) in [7, 11) is 0. The molecule has 0 aliphatic heterocycles. The Kier molecular flexibility index (Phi) is 4.20. The Balaban J connectivity index is 2.24. The van der Waals surface area contributed by atoms with E-state index in [-0.39, 0.29) is 11.9 Å². The van der Waals surface area contributed by atoms with E-state index in [4.69, 9.17) is 0 Å². The van der Waals surface area contributed by atoms with Gasteiger partial charge >= 0.3 is 0 Å². The van der Waals surface area contributed by atoms with E-state index < -0.39 is 0 Å². The number of hydrogen-bond acceptors (Lipinski definition) is 1. The van der Waals surface area contributed by atoms with Gasteiger partial charge in [-0.2, -0.15) is 0 Å². The summed E-state index contributed by atoms with van der Waals surface area (Å²) in [5.74, 6) is -0.163. The van der Waals surface area contributed by atoms with Crippen molar-refractivity contribution in [3.63, 3.8) is 0 Å². The number of nitrogens with one attached hydrogen (secondary N) is 1. The topological polar surface area (TPSA) is 12.0 Å². The molecular weight excluding hydrogens is 237 g/mol. The van der Waals surface area contributed by atoms with Gasteiger partial charge in [0.2, 0.25) is 0 Å². The lowest BCUT2D eigenvalue weighted by atomic mass is 10.0. The van der Waals surface area contributed by atoms with Crippen LogP contribution in [0.4, 0.5) is 10.1 Å². The van der Waals surface area contributed by atoms with Gasteiger partial charge in [0.15, 0.2) is 0 Å². The van der Waals surface area contributed by atoms with E-state index in [0.29, 0.717) is 5.56 Å². The van der Waals surface area contributed by atoms with Gasteiger partial charge in [-0.15, -0.1) is 0 Å². The van der Waals surface area contributed by atoms with Gasteiger partial charge in [-0.25, -0.2) is 4.39 Å². The molecule has 1 atom stereocenters. The van der Waals surface area contributed by atoms with Gasteiger partial charge in [-0.3, -0.25) is 0 Å². The van der Waals surface area contributed by atoms with Crippen LogP contribution in [0.5, 0.6) is 0 Å². The molecule has 0 saturated heterocycles. The minimum atomic E-state index is -0.163. The first-order valence-corrected chi connectivity index (χ1v) is 6.70. The van der Waals surface area contributed by atoms with Crippen molar-refractivity contribution >= 4 is 5.69 Å². The van der Waals surface area contributed by atoms with Crippen LogP contribution in [-0.4, -0.2) is 0 Å². The highest BCUT2D eigenvalue weighted by Crippen LogP contribution is 2.26. The predicted molar refractivity (Wildman–Crippen MR) is 79.0 cm³/mol. The molecule has 1 N–H and O–H groups in total. The second-order valence-electron chi connectivity index (χ2n) is 4.93. The summed E-state index contributed by atoms with van der Waals surface area (Å²) in [5.41, 5.74) is 4.03. The molecule has 1 nitrogen and oxygen atoms in total. The van der Waals surface area contributed by atoms with Crippen molar-refractivity contribution in [2.75, 3.05) is 5.32 Å². The molecule has 0 heterocycles. The maximum atomic E-state index is 13.5. The van der Waals surface area contributed by atoms with Crippen LogP contribution in [0.3, 0.4) is 0 Å². The highest BCUT2D eigenvalue weighted by atomic mass is 19.1.